The number of hydrogen-bond acceptors (Lipinski definition) is 4. The Kier molecular flexibility index (Phi) is 5.31. The van der Waals surface area contributed by atoms with Crippen LogP contribution in [0.4, 0.5) is 5.69 Å². The molecule has 26 heavy (non-hydrogen) atoms. The lowest BCUT2D eigenvalue weighted by Gasteiger charge is -2.03. The maximum atomic E-state index is 13.1. The molecule has 0 radical (unpaired) electrons. The van der Waals surface area contributed by atoms with Gasteiger partial charge in [0.15, 0.2) is 0 Å². The third kappa shape index (κ3) is 3.59. The third-order valence-electron chi connectivity index (χ3n) is 4.10. The minimum atomic E-state index is -0.108. The van der Waals surface area contributed by atoms with Crippen LogP contribution in [0, 0.1) is 0 Å². The van der Waals surface area contributed by atoms with Gasteiger partial charge in [-0.05, 0) is 49.7 Å². The van der Waals surface area contributed by atoms with Crippen LogP contribution < -0.4 is 10.3 Å². The monoisotopic (exact) mass is 350 g/mol. The van der Waals surface area contributed by atoms with Crippen LogP contribution in [0.1, 0.15) is 31.5 Å². The molecule has 0 aliphatic heterocycles. The van der Waals surface area contributed by atoms with Gasteiger partial charge in [0.05, 0.1) is 36.0 Å². The zero-order valence-electron chi connectivity index (χ0n) is 15.2. The Labute approximate surface area is 152 Å². The molecule has 0 spiro atoms. The first-order valence-corrected chi connectivity index (χ1v) is 8.58. The number of aliphatic imine (C=N–C) groups is 1. The molecule has 1 N–H and O–H groups in total. The normalized spacial score (nSPS) is 11.6. The van der Waals surface area contributed by atoms with Gasteiger partial charge in [0.25, 0.3) is 5.56 Å². The van der Waals surface area contributed by atoms with E-state index < -0.39 is 0 Å². The summed E-state index contributed by atoms with van der Waals surface area (Å²) < 4.78 is 6.74. The Bertz CT molecular complexity index is 954. The molecule has 0 aliphatic rings. The quantitative estimate of drug-likeness (QED) is 0.690. The molecule has 0 saturated heterocycles. The molecule has 2 heterocycles. The maximum Gasteiger partial charge on any atom is 0.280 e. The standard InChI is InChI=1S/C20H22N4O2/c1-4-6-18-19(14(2)22-15-7-5-12-21-13-15)20(25)24(23-18)16-8-10-17(26-3)11-9-16/h5,7-13,23H,4,6H2,1-3H3. The molecule has 3 rings (SSSR count). The maximum absolute atomic E-state index is 13.1. The highest BCUT2D eigenvalue weighted by atomic mass is 16.5. The third-order valence-corrected chi connectivity index (χ3v) is 4.10. The van der Waals surface area contributed by atoms with Gasteiger partial charge in [-0.15, -0.1) is 0 Å². The smallest absolute Gasteiger partial charge is 0.280 e. The van der Waals surface area contributed by atoms with Gasteiger partial charge in [0, 0.05) is 11.9 Å². The molecular weight excluding hydrogens is 328 g/mol. The van der Waals surface area contributed by atoms with Crippen molar-refractivity contribution in [2.45, 2.75) is 26.7 Å². The molecule has 0 fully saturated rings. The second kappa shape index (κ2) is 7.82. The molecule has 2 aromatic heterocycles. The Balaban J connectivity index is 2.08. The molecule has 134 valence electrons. The SMILES string of the molecule is CCCc1[nH]n(-c2ccc(OC)cc2)c(=O)c1C(C)=Nc1cccnc1. The summed E-state index contributed by atoms with van der Waals surface area (Å²) in [5, 5.41) is 3.24. The number of benzene rings is 1. The number of aryl methyl sites for hydroxylation is 1. The van der Waals surface area contributed by atoms with Crippen LogP contribution >= 0.6 is 0 Å². The van der Waals surface area contributed by atoms with Crippen molar-refractivity contribution in [1.29, 1.82) is 0 Å². The first-order chi connectivity index (χ1) is 12.6. The van der Waals surface area contributed by atoms with E-state index in [2.05, 4.69) is 22.0 Å². The van der Waals surface area contributed by atoms with Crippen molar-refractivity contribution in [3.05, 3.63) is 70.4 Å². The summed E-state index contributed by atoms with van der Waals surface area (Å²) in [5.74, 6) is 0.747. The summed E-state index contributed by atoms with van der Waals surface area (Å²) in [6.07, 6.45) is 5.07. The highest BCUT2D eigenvalue weighted by Crippen LogP contribution is 2.17. The Morgan fingerprint density at radius 2 is 2.04 bits per heavy atom. The van der Waals surface area contributed by atoms with E-state index in [0.717, 1.165) is 35.7 Å². The van der Waals surface area contributed by atoms with E-state index in [1.165, 1.54) is 0 Å². The number of nitrogens with one attached hydrogen (secondary N) is 1. The molecule has 0 amide bonds. The molecule has 0 unspecified atom stereocenters. The fourth-order valence-corrected chi connectivity index (χ4v) is 2.87. The molecule has 6 heteroatoms. The minimum absolute atomic E-state index is 0.108. The summed E-state index contributed by atoms with van der Waals surface area (Å²) in [6, 6.07) is 11.1. The van der Waals surface area contributed by atoms with E-state index in [1.54, 1.807) is 24.2 Å². The number of ether oxygens (including phenoxy) is 1. The largest absolute Gasteiger partial charge is 0.497 e. The number of rotatable bonds is 6. The fourth-order valence-electron chi connectivity index (χ4n) is 2.87. The lowest BCUT2D eigenvalue weighted by molar-refractivity contribution is 0.414. The van der Waals surface area contributed by atoms with Crippen molar-refractivity contribution in [1.82, 2.24) is 14.8 Å². The highest BCUT2D eigenvalue weighted by molar-refractivity contribution is 6.01. The molecule has 1 aromatic carbocycles. The summed E-state index contributed by atoms with van der Waals surface area (Å²) in [7, 11) is 1.62. The van der Waals surface area contributed by atoms with Crippen molar-refractivity contribution in [2.75, 3.05) is 7.11 Å². The van der Waals surface area contributed by atoms with Crippen molar-refractivity contribution in [2.24, 2.45) is 4.99 Å². The number of methoxy groups -OCH3 is 1. The van der Waals surface area contributed by atoms with Crippen LogP contribution in [0.5, 0.6) is 5.75 Å². The van der Waals surface area contributed by atoms with Gasteiger partial charge >= 0.3 is 0 Å². The van der Waals surface area contributed by atoms with Gasteiger partial charge in [-0.2, -0.15) is 0 Å². The molecule has 6 nitrogen and oxygen atoms in total. The van der Waals surface area contributed by atoms with Crippen LogP contribution in [0.15, 0.2) is 58.6 Å². The van der Waals surface area contributed by atoms with Gasteiger partial charge in [-0.3, -0.25) is 19.9 Å². The number of pyridine rings is 1. The second-order valence-corrected chi connectivity index (χ2v) is 5.96. The summed E-state index contributed by atoms with van der Waals surface area (Å²) in [5.41, 5.74) is 3.56. The van der Waals surface area contributed by atoms with Crippen molar-refractivity contribution < 1.29 is 4.74 Å². The molecule has 0 atom stereocenters. The summed E-state index contributed by atoms with van der Waals surface area (Å²) in [4.78, 5) is 21.7. The zero-order chi connectivity index (χ0) is 18.5. The number of hydrogen-bond donors (Lipinski definition) is 1. The topological polar surface area (TPSA) is 72.3 Å². The van der Waals surface area contributed by atoms with Crippen LogP contribution in [-0.4, -0.2) is 27.6 Å². The Morgan fingerprint density at radius 3 is 2.65 bits per heavy atom. The second-order valence-electron chi connectivity index (χ2n) is 5.96. The van der Waals surface area contributed by atoms with E-state index in [4.69, 9.17) is 4.74 Å². The fraction of sp³-hybridized carbons (Fsp3) is 0.250. The Morgan fingerprint density at radius 1 is 1.27 bits per heavy atom. The first-order valence-electron chi connectivity index (χ1n) is 8.58. The van der Waals surface area contributed by atoms with Gasteiger partial charge in [-0.25, -0.2) is 4.68 Å². The molecule has 0 aliphatic carbocycles. The first kappa shape index (κ1) is 17.7. The molecule has 0 bridgehead atoms. The number of aromatic amines is 1. The molecule has 0 saturated carbocycles. The summed E-state index contributed by atoms with van der Waals surface area (Å²) in [6.45, 7) is 3.94. The van der Waals surface area contributed by atoms with Crippen LogP contribution in [0.25, 0.3) is 5.69 Å². The number of nitrogens with zero attached hydrogens (tertiary/aromatic N) is 3. The average molecular weight is 350 g/mol. The van der Waals surface area contributed by atoms with E-state index in [-0.39, 0.29) is 5.56 Å². The predicted molar refractivity (Wildman–Crippen MR) is 103 cm³/mol. The van der Waals surface area contributed by atoms with Crippen LogP contribution in [-0.2, 0) is 6.42 Å². The van der Waals surface area contributed by atoms with E-state index in [1.807, 2.05) is 43.3 Å². The van der Waals surface area contributed by atoms with Crippen molar-refractivity contribution >= 4 is 11.4 Å². The lowest BCUT2D eigenvalue weighted by atomic mass is 10.1. The average Bonchev–Trinajstić information content (AvgIpc) is 2.99. The van der Waals surface area contributed by atoms with Gasteiger partial charge in [0.2, 0.25) is 0 Å². The van der Waals surface area contributed by atoms with E-state index in [0.29, 0.717) is 11.3 Å². The Hall–Kier alpha value is -3.15. The lowest BCUT2D eigenvalue weighted by Crippen LogP contribution is -2.19. The number of H-pyrrole nitrogens is 1. The van der Waals surface area contributed by atoms with Gasteiger partial charge < -0.3 is 4.74 Å². The van der Waals surface area contributed by atoms with Gasteiger partial charge in [0.1, 0.15) is 5.75 Å². The van der Waals surface area contributed by atoms with Crippen LogP contribution in [0.3, 0.4) is 0 Å². The van der Waals surface area contributed by atoms with Crippen molar-refractivity contribution in [3.63, 3.8) is 0 Å². The molecule has 3 aromatic rings. The predicted octanol–water partition coefficient (Wildman–Crippen LogP) is 3.66. The van der Waals surface area contributed by atoms with E-state index >= 15 is 0 Å². The number of aromatic nitrogens is 3. The van der Waals surface area contributed by atoms with Gasteiger partial charge in [-0.1, -0.05) is 13.3 Å². The van der Waals surface area contributed by atoms with E-state index in [9.17, 15) is 4.79 Å². The minimum Gasteiger partial charge on any atom is -0.497 e. The molecular formula is C20H22N4O2. The highest BCUT2D eigenvalue weighted by Gasteiger charge is 2.17. The summed E-state index contributed by atoms with van der Waals surface area (Å²) >= 11 is 0. The van der Waals surface area contributed by atoms with Crippen molar-refractivity contribution in [3.8, 4) is 11.4 Å². The zero-order valence-corrected chi connectivity index (χ0v) is 15.2. The van der Waals surface area contributed by atoms with Crippen LogP contribution in [0.2, 0.25) is 0 Å².